The highest BCUT2D eigenvalue weighted by molar-refractivity contribution is 7.17. The molecule has 0 aliphatic heterocycles. The number of carboxylic acids is 9. The van der Waals surface area contributed by atoms with Crippen LogP contribution in [0.25, 0.3) is 6.08 Å². The Hall–Kier alpha value is -11.5. The predicted octanol–water partition coefficient (Wildman–Crippen LogP) is 25.5. The first-order valence-electron chi connectivity index (χ1n) is 46.0. The van der Waals surface area contributed by atoms with Crippen LogP contribution in [0.4, 0.5) is 0 Å². The minimum Gasteiger partial charge on any atom is -0.493 e. The number of aliphatic carboxylic acids is 3. The summed E-state index contributed by atoms with van der Waals surface area (Å²) in [6.07, 6.45) is 6.64. The molecule has 35 nitrogen and oxygen atoms in total. The molecule has 47 heteroatoms. The number of methoxy groups -OCH3 is 1. The lowest BCUT2D eigenvalue weighted by Crippen LogP contribution is -2.19. The fourth-order valence-electron chi connectivity index (χ4n) is 11.4. The summed E-state index contributed by atoms with van der Waals surface area (Å²) < 4.78 is 63.2. The van der Waals surface area contributed by atoms with Gasteiger partial charge in [-0.15, -0.1) is 125 Å². The molecule has 12 N–H and O–H groups in total. The number of nitrogens with zero attached hydrogens (tertiary/aromatic N) is 2. The van der Waals surface area contributed by atoms with E-state index in [4.69, 9.17) is 121 Å². The maximum absolute atomic E-state index is 11.1. The van der Waals surface area contributed by atoms with Crippen molar-refractivity contribution in [1.82, 2.24) is 4.90 Å². The Balaban J connectivity index is 0.000000814. The van der Waals surface area contributed by atoms with Crippen LogP contribution >= 0.6 is 136 Å². The lowest BCUT2D eigenvalue weighted by Gasteiger charge is -2.10. The second-order valence-corrected chi connectivity index (χ2v) is 45.0. The number of halogens is 1. The van der Waals surface area contributed by atoms with E-state index in [1.165, 1.54) is 97.8 Å². The molecule has 148 heavy (non-hydrogen) atoms. The number of amidine groups is 1. The number of likely N-dealkylation sites (N-methyl/N-ethyl adjacent to an activating group) is 1. The second-order valence-electron chi connectivity index (χ2n) is 30.6. The first-order chi connectivity index (χ1) is 69.8. The second kappa shape index (κ2) is 72.8. The minimum absolute atomic E-state index is 0.00657. The van der Waals surface area contributed by atoms with Crippen LogP contribution in [0.2, 0.25) is 5.02 Å². The van der Waals surface area contributed by atoms with Crippen molar-refractivity contribution >= 4 is 208 Å². The van der Waals surface area contributed by atoms with Gasteiger partial charge in [0.2, 0.25) is 0 Å². The topological polar surface area (TPSA) is 525 Å². The van der Waals surface area contributed by atoms with Crippen LogP contribution in [0.3, 0.4) is 0 Å². The zero-order valence-electron chi connectivity index (χ0n) is 87.5. The molecule has 0 spiro atoms. The normalized spacial score (nSPS) is 10.3. The number of esters is 1. The Morgan fingerprint density at radius 2 is 0.696 bits per heavy atom. The van der Waals surface area contributed by atoms with E-state index in [2.05, 4.69) is 16.8 Å². The number of rotatable bonds is 43. The van der Waals surface area contributed by atoms with Crippen LogP contribution in [0.1, 0.15) is 238 Å². The quantitative estimate of drug-likeness (QED) is 0.00321. The lowest BCUT2D eigenvalue weighted by molar-refractivity contribution is -0.140. The van der Waals surface area contributed by atoms with Crippen molar-refractivity contribution in [3.63, 3.8) is 0 Å². The maximum Gasteiger partial charge on any atom is 0.349 e. The van der Waals surface area contributed by atoms with Crippen molar-refractivity contribution in [3.05, 3.63) is 179 Å². The zero-order valence-corrected chi connectivity index (χ0v) is 97.3. The molecule has 0 aromatic carbocycles. The highest BCUT2D eigenvalue weighted by Crippen LogP contribution is 2.41. The number of carbonyl (C=O) groups is 10. The molecule has 0 aliphatic rings. The Morgan fingerprint density at radius 1 is 0.378 bits per heavy atom. The van der Waals surface area contributed by atoms with Gasteiger partial charge in [0.15, 0.2) is 40.8 Å². The van der Waals surface area contributed by atoms with Gasteiger partial charge in [-0.1, -0.05) is 37.0 Å². The maximum atomic E-state index is 11.1. The molecular weight excluding hydrogens is 2160 g/mol. The molecule has 0 atom stereocenters. The number of aryl methyl sites for hydroxylation is 12. The standard InChI is InChI=1S/C10H15NO3S.2C10H14O3S.C10H12O3S.C10H14O3S.3C9H12O3S.C8H9ClO3S.C8H12N2O2S.C8H10O3S/c1-7-6-8(9(15-7)10(12)13)14-5-4-11(2)3;1-4-13-8-5-7(2)14-9(8)6-10(11)12-3;2*1-3-13-8-6-7(2)14-9(8)4-5-10(11)12;1-3-4-5-13-8-6-7(2)14-9(8)10(11)12;1-5(2)12-7-4-6(3)13-8(7)9(10)11;1-3-12-7-4-6(2)13-8(7)5-9(10)11;1-3-4-12-7-5-6(2)13-8(7)9(10)11;1-3-12-6-5(9)4(2)13-7(6)8(10)11;1-3-12-6-4-5(2)13-7(6)8(9)10-11;1-3-11-6-4-5(2)12-7(6)8(9)10/h6H,4-5H2,1-3H3,(H,12,13);5H,4,6H2,1-3H3;6H,3-5H2,1-2H3,(H,11,12);4-6H,3H2,1-2H3,(H,11,12);6H,3-5H2,1-2H3,(H,11,12);4-5H,1-3H3,(H,10,11);4H,3,5H2,1-2H3,(H,10,11);5H,3-4H2,1-2H3,(H,10,11);3H2,1-2H3,(H,10,11);4,11H,3H2,1-2H3,(H2,9,10);4H,3H2,1-2H3,(H,9,10)/b;;;5-4+;;;;;;;. The molecule has 0 radical (unpaired) electrons. The van der Waals surface area contributed by atoms with Gasteiger partial charge in [-0.3, -0.25) is 14.4 Å². The van der Waals surface area contributed by atoms with Crippen LogP contribution in [0.5, 0.6) is 63.2 Å². The van der Waals surface area contributed by atoms with E-state index in [0.29, 0.717) is 145 Å². The average molecular weight is 2290 g/mol. The molecule has 11 aromatic rings. The summed E-state index contributed by atoms with van der Waals surface area (Å²) >= 11 is 20.8. The summed E-state index contributed by atoms with van der Waals surface area (Å²) in [5.41, 5.74) is 5.47. The molecular formula is C101H136ClN3O32S11. The molecule has 11 aromatic heterocycles. The van der Waals surface area contributed by atoms with Gasteiger partial charge in [-0.2, -0.15) is 0 Å². The van der Waals surface area contributed by atoms with Gasteiger partial charge >= 0.3 is 59.7 Å². The molecule has 0 fully saturated rings. The molecule has 11 rings (SSSR count). The van der Waals surface area contributed by atoms with Gasteiger partial charge in [0.25, 0.3) is 0 Å². The average Bonchev–Trinajstić information content (AvgIpc) is 1.68. The highest BCUT2D eigenvalue weighted by atomic mass is 35.5. The van der Waals surface area contributed by atoms with Crippen LogP contribution in [0, 0.1) is 76.2 Å². The summed E-state index contributed by atoms with van der Waals surface area (Å²) in [4.78, 5) is 126. The Labute approximate surface area is 911 Å². The third-order valence-electron chi connectivity index (χ3n) is 17.2. The third kappa shape index (κ3) is 52.1. The summed E-state index contributed by atoms with van der Waals surface area (Å²) in [5.74, 6) is -1.71. The fourth-order valence-corrected chi connectivity index (χ4v) is 21.1. The number of thiophene rings is 11. The van der Waals surface area contributed by atoms with Gasteiger partial charge in [0.05, 0.1) is 112 Å². The molecule has 0 bridgehead atoms. The van der Waals surface area contributed by atoms with E-state index in [1.807, 2.05) is 181 Å². The van der Waals surface area contributed by atoms with Crippen LogP contribution in [-0.4, -0.2) is 222 Å². The smallest absolute Gasteiger partial charge is 0.349 e. The number of ether oxygens (including phenoxy) is 12. The molecule has 0 unspecified atom stereocenters. The number of aromatic carboxylic acids is 6. The van der Waals surface area contributed by atoms with Gasteiger partial charge in [0.1, 0.15) is 69.0 Å². The van der Waals surface area contributed by atoms with E-state index >= 15 is 0 Å². The van der Waals surface area contributed by atoms with Crippen molar-refractivity contribution in [2.24, 2.45) is 10.9 Å². The Bertz CT molecular complexity index is 5980. The highest BCUT2D eigenvalue weighted by Gasteiger charge is 2.24. The van der Waals surface area contributed by atoms with E-state index in [9.17, 15) is 47.9 Å². The van der Waals surface area contributed by atoms with Crippen molar-refractivity contribution < 1.29 is 156 Å². The first-order valence-corrected chi connectivity index (χ1v) is 55.3. The van der Waals surface area contributed by atoms with E-state index in [0.717, 1.165) is 134 Å². The molecule has 820 valence electrons. The predicted molar refractivity (Wildman–Crippen MR) is 593 cm³/mol. The monoisotopic (exact) mass is 2290 g/mol. The number of nitrogens with two attached hydrogens (primary N) is 1. The summed E-state index contributed by atoms with van der Waals surface area (Å²) in [6, 6.07) is 18.4. The molecule has 0 saturated heterocycles. The third-order valence-corrected chi connectivity index (χ3v) is 29.1. The van der Waals surface area contributed by atoms with E-state index in [-0.39, 0.29) is 50.3 Å². The van der Waals surface area contributed by atoms with Crippen molar-refractivity contribution in [1.29, 1.82) is 0 Å². The summed E-state index contributed by atoms with van der Waals surface area (Å²) in [6.45, 7) is 48.2. The number of unbranched alkanes of at least 4 members (excludes halogenated alkanes) is 1. The number of hydrogen-bond acceptors (Lipinski definition) is 36. The van der Waals surface area contributed by atoms with Crippen LogP contribution in [0.15, 0.2) is 71.9 Å². The number of oxime groups is 1. The number of hydrogen-bond donors (Lipinski definition) is 11. The van der Waals surface area contributed by atoms with Gasteiger partial charge < -0.3 is 119 Å². The summed E-state index contributed by atoms with van der Waals surface area (Å²) in [5, 5.41) is 90.5. The van der Waals surface area contributed by atoms with Gasteiger partial charge in [-0.05, 0) is 239 Å². The van der Waals surface area contributed by atoms with Gasteiger partial charge in [0, 0.05) is 71.1 Å². The van der Waals surface area contributed by atoms with E-state index < -0.39 is 53.7 Å². The number of carbonyl (C=O) groups excluding carboxylic acids is 1. The van der Waals surface area contributed by atoms with Crippen molar-refractivity contribution in [2.45, 2.75) is 203 Å². The summed E-state index contributed by atoms with van der Waals surface area (Å²) in [7, 11) is 5.28. The fraction of sp³-hybridized carbons (Fsp3) is 0.436. The Morgan fingerprint density at radius 3 is 1.05 bits per heavy atom. The van der Waals surface area contributed by atoms with Crippen molar-refractivity contribution in [3.8, 4) is 63.2 Å². The number of carboxylic acid groups (broad SMARTS) is 9. The Kier molecular flexibility index (Phi) is 66.1. The van der Waals surface area contributed by atoms with Crippen LogP contribution < -0.4 is 57.8 Å². The van der Waals surface area contributed by atoms with E-state index in [1.54, 1.807) is 72.9 Å². The first kappa shape index (κ1) is 134. The van der Waals surface area contributed by atoms with Crippen LogP contribution in [-0.2, 0) is 43.2 Å². The largest absolute Gasteiger partial charge is 0.493 e. The minimum atomic E-state index is -0.997. The van der Waals surface area contributed by atoms with Gasteiger partial charge in [-0.25, -0.2) is 33.6 Å². The SMILES string of the molecule is CCCCOc1cc(C)sc1C(=O)O.CCCOc1cc(C)sc1C(=O)O.CCOc1c(C(=O)O)sc(C)c1Cl.CCOc1cc(C)sc1/C(N)=N/O.CCOc1cc(C)sc1/C=C/C(=O)O.CCOc1cc(C)sc1C(=O)O.CCOc1cc(C)sc1CC(=O)O.CCOc1cc(C)sc1CC(=O)OC.CCOc1cc(C)sc1CCC(=O)O.Cc1cc(OC(C)C)c(C(=O)O)s1.Cc1cc(OCCN(C)C)c(C(=O)O)s1. The zero-order chi connectivity index (χ0) is 112. The molecule has 0 saturated carbocycles. The lowest BCUT2D eigenvalue weighted by atomic mass is 10.2. The molecule has 0 aliphatic carbocycles. The van der Waals surface area contributed by atoms with Crippen molar-refractivity contribution in [2.75, 3.05) is 93.8 Å². The molecule has 0 amide bonds. The molecule has 11 heterocycles.